The van der Waals surface area contributed by atoms with Gasteiger partial charge in [-0.2, -0.15) is 0 Å². The van der Waals surface area contributed by atoms with E-state index < -0.39 is 10.8 Å². The van der Waals surface area contributed by atoms with E-state index in [1.807, 2.05) is 6.92 Å². The van der Waals surface area contributed by atoms with Crippen LogP contribution < -0.4 is 5.32 Å². The highest BCUT2D eigenvalue weighted by atomic mass is 79.9. The van der Waals surface area contributed by atoms with Gasteiger partial charge in [0, 0.05) is 33.3 Å². The molecule has 0 saturated heterocycles. The molecule has 2 unspecified atom stereocenters. The van der Waals surface area contributed by atoms with Gasteiger partial charge in [-0.3, -0.25) is 9.00 Å². The van der Waals surface area contributed by atoms with E-state index in [1.54, 1.807) is 12.3 Å². The standard InChI is InChI=1S/C10H13Br2NO2S2/c1-6(17(2)15)3-4-13-10(14)8-5-7(11)9(12)16-8/h5-6H,3-4H2,1-2H3,(H,13,14). The van der Waals surface area contributed by atoms with E-state index in [4.69, 9.17) is 0 Å². The minimum absolute atomic E-state index is 0.0875. The molecule has 0 spiro atoms. The third-order valence-electron chi connectivity index (χ3n) is 2.27. The van der Waals surface area contributed by atoms with Crippen LogP contribution in [0.4, 0.5) is 0 Å². The van der Waals surface area contributed by atoms with Gasteiger partial charge in [0.1, 0.15) is 0 Å². The molecular formula is C10H13Br2NO2S2. The third-order valence-corrected chi connectivity index (χ3v) is 6.90. The van der Waals surface area contributed by atoms with E-state index >= 15 is 0 Å². The Hall–Kier alpha value is 0.280. The van der Waals surface area contributed by atoms with Gasteiger partial charge < -0.3 is 5.32 Å². The molecule has 0 fully saturated rings. The van der Waals surface area contributed by atoms with Crippen molar-refractivity contribution in [2.75, 3.05) is 12.8 Å². The summed E-state index contributed by atoms with van der Waals surface area (Å²) in [4.78, 5) is 12.4. The van der Waals surface area contributed by atoms with E-state index in [0.29, 0.717) is 11.4 Å². The van der Waals surface area contributed by atoms with Crippen LogP contribution in [0.2, 0.25) is 0 Å². The average molecular weight is 403 g/mol. The van der Waals surface area contributed by atoms with Gasteiger partial charge in [0.25, 0.3) is 5.91 Å². The first-order valence-corrected chi connectivity index (χ1v) is 8.99. The van der Waals surface area contributed by atoms with Gasteiger partial charge >= 0.3 is 0 Å². The Morgan fingerprint density at radius 3 is 2.71 bits per heavy atom. The highest BCUT2D eigenvalue weighted by Gasteiger charge is 2.12. The number of amides is 1. The van der Waals surface area contributed by atoms with Crippen molar-refractivity contribution < 1.29 is 9.00 Å². The lowest BCUT2D eigenvalue weighted by Gasteiger charge is -2.08. The van der Waals surface area contributed by atoms with Crippen LogP contribution in [0.1, 0.15) is 23.0 Å². The van der Waals surface area contributed by atoms with Crippen LogP contribution in [0.15, 0.2) is 14.3 Å². The molecule has 0 saturated carbocycles. The molecule has 0 bridgehead atoms. The van der Waals surface area contributed by atoms with E-state index in [-0.39, 0.29) is 11.2 Å². The van der Waals surface area contributed by atoms with Crippen molar-refractivity contribution in [2.24, 2.45) is 0 Å². The summed E-state index contributed by atoms with van der Waals surface area (Å²) in [6, 6.07) is 1.78. The minimum Gasteiger partial charge on any atom is -0.351 e. The van der Waals surface area contributed by atoms with Gasteiger partial charge in [-0.15, -0.1) is 11.3 Å². The monoisotopic (exact) mass is 401 g/mol. The van der Waals surface area contributed by atoms with Crippen LogP contribution in [-0.2, 0) is 10.8 Å². The van der Waals surface area contributed by atoms with Gasteiger partial charge in [-0.1, -0.05) is 6.92 Å². The molecule has 7 heteroatoms. The molecule has 1 heterocycles. The maximum absolute atomic E-state index is 11.7. The lowest BCUT2D eigenvalue weighted by Crippen LogP contribution is -2.26. The summed E-state index contributed by atoms with van der Waals surface area (Å²) in [6.45, 7) is 2.47. The topological polar surface area (TPSA) is 46.2 Å². The largest absolute Gasteiger partial charge is 0.351 e. The molecule has 96 valence electrons. The molecule has 0 aliphatic heterocycles. The SMILES string of the molecule is CC(CCNC(=O)c1cc(Br)c(Br)s1)S(C)=O. The zero-order chi connectivity index (χ0) is 13.0. The summed E-state index contributed by atoms with van der Waals surface area (Å²) >= 11 is 8.07. The lowest BCUT2D eigenvalue weighted by atomic mass is 10.3. The van der Waals surface area contributed by atoms with Crippen LogP contribution >= 0.6 is 43.2 Å². The molecular weight excluding hydrogens is 390 g/mol. The Morgan fingerprint density at radius 2 is 2.24 bits per heavy atom. The van der Waals surface area contributed by atoms with Crippen LogP contribution in [0.3, 0.4) is 0 Å². The Bertz CT molecular complexity index is 414. The Balaban J connectivity index is 2.43. The fraction of sp³-hybridized carbons (Fsp3) is 0.500. The minimum atomic E-state index is -0.833. The summed E-state index contributed by atoms with van der Waals surface area (Å²) in [5.41, 5.74) is 0. The number of carbonyl (C=O) groups excluding carboxylic acids is 1. The van der Waals surface area contributed by atoms with E-state index in [1.165, 1.54) is 11.3 Å². The van der Waals surface area contributed by atoms with Crippen molar-refractivity contribution in [1.82, 2.24) is 5.32 Å². The number of carbonyl (C=O) groups is 1. The quantitative estimate of drug-likeness (QED) is 0.822. The fourth-order valence-corrected chi connectivity index (χ4v) is 3.50. The van der Waals surface area contributed by atoms with Crippen molar-refractivity contribution in [2.45, 2.75) is 18.6 Å². The zero-order valence-corrected chi connectivity index (χ0v) is 14.3. The first kappa shape index (κ1) is 15.3. The Morgan fingerprint density at radius 1 is 1.59 bits per heavy atom. The summed E-state index contributed by atoms with van der Waals surface area (Å²) in [6.07, 6.45) is 2.41. The van der Waals surface area contributed by atoms with Crippen molar-refractivity contribution in [3.05, 3.63) is 19.2 Å². The van der Waals surface area contributed by atoms with Gasteiger partial charge in [0.2, 0.25) is 0 Å². The van der Waals surface area contributed by atoms with Crippen molar-refractivity contribution in [1.29, 1.82) is 0 Å². The second-order valence-corrected chi connectivity index (χ2v) is 8.61. The molecule has 0 aliphatic rings. The predicted octanol–water partition coefficient (Wildman–Crippen LogP) is 3.16. The second-order valence-electron chi connectivity index (χ2n) is 3.59. The molecule has 17 heavy (non-hydrogen) atoms. The van der Waals surface area contributed by atoms with Gasteiger partial charge in [0.15, 0.2) is 0 Å². The third kappa shape index (κ3) is 4.81. The van der Waals surface area contributed by atoms with Gasteiger partial charge in [-0.25, -0.2) is 0 Å². The normalized spacial score (nSPS) is 14.4. The summed E-state index contributed by atoms with van der Waals surface area (Å²) in [5, 5.41) is 2.93. The van der Waals surface area contributed by atoms with Crippen LogP contribution in [0.25, 0.3) is 0 Å². The maximum Gasteiger partial charge on any atom is 0.261 e. The van der Waals surface area contributed by atoms with E-state index in [0.717, 1.165) is 14.7 Å². The molecule has 0 aromatic carbocycles. The second kappa shape index (κ2) is 7.01. The van der Waals surface area contributed by atoms with Crippen molar-refractivity contribution in [3.8, 4) is 0 Å². The number of hydrogen-bond donors (Lipinski definition) is 1. The fourth-order valence-electron chi connectivity index (χ4n) is 1.10. The van der Waals surface area contributed by atoms with Crippen LogP contribution in [0, 0.1) is 0 Å². The smallest absolute Gasteiger partial charge is 0.261 e. The van der Waals surface area contributed by atoms with Gasteiger partial charge in [0.05, 0.1) is 8.66 Å². The Labute approximate surface area is 124 Å². The molecule has 2 atom stereocenters. The van der Waals surface area contributed by atoms with Crippen molar-refractivity contribution >= 4 is 59.9 Å². The molecule has 3 nitrogen and oxygen atoms in total. The molecule has 1 aromatic rings. The van der Waals surface area contributed by atoms with Gasteiger partial charge in [-0.05, 0) is 44.3 Å². The molecule has 1 aromatic heterocycles. The van der Waals surface area contributed by atoms with Crippen LogP contribution in [-0.4, -0.2) is 28.2 Å². The predicted molar refractivity (Wildman–Crippen MR) is 80.2 cm³/mol. The maximum atomic E-state index is 11.7. The lowest BCUT2D eigenvalue weighted by molar-refractivity contribution is 0.0957. The van der Waals surface area contributed by atoms with E-state index in [2.05, 4.69) is 37.2 Å². The van der Waals surface area contributed by atoms with Crippen molar-refractivity contribution in [3.63, 3.8) is 0 Å². The summed E-state index contributed by atoms with van der Waals surface area (Å²) in [7, 11) is -0.833. The number of halogens is 2. The molecule has 1 rings (SSSR count). The number of rotatable bonds is 5. The average Bonchev–Trinajstić information content (AvgIpc) is 2.59. The zero-order valence-electron chi connectivity index (χ0n) is 9.46. The highest BCUT2D eigenvalue weighted by molar-refractivity contribution is 9.13. The highest BCUT2D eigenvalue weighted by Crippen LogP contribution is 2.32. The molecule has 1 amide bonds. The van der Waals surface area contributed by atoms with Crippen LogP contribution in [0.5, 0.6) is 0 Å². The summed E-state index contributed by atoms with van der Waals surface area (Å²) in [5.74, 6) is -0.0875. The first-order chi connectivity index (χ1) is 7.91. The number of hydrogen-bond acceptors (Lipinski definition) is 3. The number of nitrogens with one attached hydrogen (secondary N) is 1. The molecule has 0 aliphatic carbocycles. The van der Waals surface area contributed by atoms with E-state index in [9.17, 15) is 9.00 Å². The Kier molecular flexibility index (Phi) is 6.33. The number of thiophene rings is 1. The summed E-state index contributed by atoms with van der Waals surface area (Å²) < 4.78 is 12.9. The molecule has 0 radical (unpaired) electrons. The first-order valence-electron chi connectivity index (χ1n) is 4.97. The molecule has 1 N–H and O–H groups in total.